The summed E-state index contributed by atoms with van der Waals surface area (Å²) in [6, 6.07) is 8.59. The average molecular weight is 216 g/mol. The molecule has 76 valence electrons. The Morgan fingerprint density at radius 1 is 1.29 bits per heavy atom. The van der Waals surface area contributed by atoms with Gasteiger partial charge in [-0.3, -0.25) is 4.79 Å². The van der Waals surface area contributed by atoms with Gasteiger partial charge in [-0.25, -0.2) is 8.78 Å². The van der Waals surface area contributed by atoms with Crippen LogP contribution in [0, 0.1) is 0 Å². The number of Topliss-reactive ketones (excluding diaryl/α,β-unsaturated/α-hetero) is 1. The highest BCUT2D eigenvalue weighted by atomic mass is 32.2. The van der Waals surface area contributed by atoms with Gasteiger partial charge >= 0.3 is 0 Å². The number of hydrogen-bond donors (Lipinski definition) is 0. The molecule has 0 radical (unpaired) electrons. The van der Waals surface area contributed by atoms with Crippen molar-refractivity contribution in [2.45, 2.75) is 23.5 Å². The number of benzene rings is 1. The van der Waals surface area contributed by atoms with Crippen molar-refractivity contribution in [2.75, 3.05) is 0 Å². The molecule has 0 spiro atoms. The predicted molar refractivity (Wildman–Crippen MR) is 52.8 cm³/mol. The second kappa shape index (κ2) is 5.10. The van der Waals surface area contributed by atoms with Gasteiger partial charge in [0, 0.05) is 4.90 Å². The molecule has 0 aliphatic heterocycles. The molecule has 2 unspecified atom stereocenters. The normalized spacial score (nSPS) is 14.8. The second-order valence-corrected chi connectivity index (χ2v) is 3.95. The number of ketones is 1. The zero-order chi connectivity index (χ0) is 10.6. The number of hydrogen-bond acceptors (Lipinski definition) is 2. The molecule has 0 aliphatic rings. The lowest BCUT2D eigenvalue weighted by Gasteiger charge is -2.09. The van der Waals surface area contributed by atoms with Crippen LogP contribution in [-0.2, 0) is 4.79 Å². The molecule has 1 aromatic rings. The van der Waals surface area contributed by atoms with Crippen LogP contribution in [0.15, 0.2) is 35.2 Å². The van der Waals surface area contributed by atoms with E-state index in [9.17, 15) is 13.6 Å². The summed E-state index contributed by atoms with van der Waals surface area (Å²) in [6.07, 6.45) is -2.04. The van der Waals surface area contributed by atoms with Gasteiger partial charge in [-0.1, -0.05) is 30.0 Å². The number of thioether (sulfide) groups is 1. The summed E-state index contributed by atoms with van der Waals surface area (Å²) in [4.78, 5) is 11.2. The summed E-state index contributed by atoms with van der Waals surface area (Å²) in [5.74, 6) is -0.777. The van der Waals surface area contributed by atoms with Crippen LogP contribution in [0.25, 0.3) is 0 Å². The Bertz CT molecular complexity index is 302. The highest BCUT2D eigenvalue weighted by Gasteiger charge is 2.25. The molecular weight excluding hydrogens is 206 g/mol. The van der Waals surface area contributed by atoms with Gasteiger partial charge in [0.05, 0.1) is 0 Å². The van der Waals surface area contributed by atoms with E-state index >= 15 is 0 Å². The molecule has 0 aromatic heterocycles. The molecule has 0 bridgehead atoms. The van der Waals surface area contributed by atoms with Crippen LogP contribution in [0.4, 0.5) is 8.78 Å². The number of rotatable bonds is 4. The quantitative estimate of drug-likeness (QED) is 0.720. The van der Waals surface area contributed by atoms with E-state index < -0.39 is 17.5 Å². The van der Waals surface area contributed by atoms with Crippen LogP contribution >= 0.6 is 11.8 Å². The van der Waals surface area contributed by atoms with Crippen LogP contribution in [0.2, 0.25) is 0 Å². The van der Waals surface area contributed by atoms with Crippen molar-refractivity contribution in [3.63, 3.8) is 0 Å². The Morgan fingerprint density at radius 2 is 1.86 bits per heavy atom. The molecular formula is C10H10F2OS. The van der Waals surface area contributed by atoms with Crippen LogP contribution in [0.3, 0.4) is 0 Å². The Kier molecular flexibility index (Phi) is 4.07. The molecule has 0 N–H and O–H groups in total. The Morgan fingerprint density at radius 3 is 2.36 bits per heavy atom. The molecule has 0 amide bonds. The van der Waals surface area contributed by atoms with Crippen molar-refractivity contribution in [1.82, 2.24) is 0 Å². The van der Waals surface area contributed by atoms with Gasteiger partial charge in [0.2, 0.25) is 0 Å². The highest BCUT2D eigenvalue weighted by Crippen LogP contribution is 2.27. The maximum atomic E-state index is 13.1. The maximum Gasteiger partial charge on any atom is 0.198 e. The third-order valence-corrected chi connectivity index (χ3v) is 2.62. The molecule has 0 fully saturated rings. The van der Waals surface area contributed by atoms with Crippen molar-refractivity contribution in [2.24, 2.45) is 0 Å². The minimum atomic E-state index is -2.04. The smallest absolute Gasteiger partial charge is 0.198 e. The average Bonchev–Trinajstić information content (AvgIpc) is 2.18. The highest BCUT2D eigenvalue weighted by molar-refractivity contribution is 7.99. The molecule has 4 heteroatoms. The molecule has 14 heavy (non-hydrogen) atoms. The van der Waals surface area contributed by atoms with Crippen molar-refractivity contribution < 1.29 is 13.6 Å². The predicted octanol–water partition coefficient (Wildman–Crippen LogP) is 3.00. The van der Waals surface area contributed by atoms with Crippen molar-refractivity contribution >= 4 is 17.5 Å². The lowest BCUT2D eigenvalue weighted by molar-refractivity contribution is -0.122. The third-order valence-electron chi connectivity index (χ3n) is 1.61. The molecule has 0 saturated carbocycles. The minimum Gasteiger partial charge on any atom is -0.297 e. The second-order valence-electron chi connectivity index (χ2n) is 2.79. The summed E-state index contributed by atoms with van der Waals surface area (Å²) in [5.41, 5.74) is -1.82. The van der Waals surface area contributed by atoms with Crippen LogP contribution in [-0.4, -0.2) is 17.5 Å². The molecule has 2 atom stereocenters. The molecule has 0 heterocycles. The molecule has 0 aliphatic carbocycles. The van der Waals surface area contributed by atoms with Crippen LogP contribution < -0.4 is 0 Å². The topological polar surface area (TPSA) is 17.1 Å². The Balaban J connectivity index is 2.57. The van der Waals surface area contributed by atoms with E-state index in [-0.39, 0.29) is 0 Å². The van der Waals surface area contributed by atoms with E-state index in [1.165, 1.54) is 0 Å². The molecule has 0 saturated heterocycles. The van der Waals surface area contributed by atoms with E-state index in [4.69, 9.17) is 0 Å². The minimum absolute atomic E-state index is 0.615. The summed E-state index contributed by atoms with van der Waals surface area (Å²) in [5, 5.41) is 0. The van der Waals surface area contributed by atoms with E-state index in [2.05, 4.69) is 0 Å². The summed E-state index contributed by atoms with van der Waals surface area (Å²) >= 11 is 0.717. The summed E-state index contributed by atoms with van der Waals surface area (Å²) in [6.45, 7) is 1.04. The van der Waals surface area contributed by atoms with Crippen LogP contribution in [0.5, 0.6) is 0 Å². The summed E-state index contributed by atoms with van der Waals surface area (Å²) < 4.78 is 26.0. The van der Waals surface area contributed by atoms with Gasteiger partial charge in [-0.15, -0.1) is 0 Å². The monoisotopic (exact) mass is 216 g/mol. The lowest BCUT2D eigenvalue weighted by atomic mass is 10.3. The van der Waals surface area contributed by atoms with Gasteiger partial charge in [0.1, 0.15) is 0 Å². The van der Waals surface area contributed by atoms with Crippen molar-refractivity contribution in [3.05, 3.63) is 30.3 Å². The standard InChI is InChI=1S/C10H10F2OS/c1-7(13)9(11)10(12)14-8-5-3-2-4-6-8/h2-6,9-10H,1H3. The zero-order valence-electron chi connectivity index (χ0n) is 7.61. The van der Waals surface area contributed by atoms with Gasteiger partial charge in [0.25, 0.3) is 0 Å². The van der Waals surface area contributed by atoms with Gasteiger partial charge in [-0.05, 0) is 19.1 Å². The Labute approximate surface area is 85.5 Å². The van der Waals surface area contributed by atoms with E-state index in [1.54, 1.807) is 30.3 Å². The maximum absolute atomic E-state index is 13.1. The fraction of sp³-hybridized carbons (Fsp3) is 0.300. The fourth-order valence-electron chi connectivity index (χ4n) is 0.873. The first kappa shape index (κ1) is 11.2. The van der Waals surface area contributed by atoms with Crippen molar-refractivity contribution in [1.29, 1.82) is 0 Å². The van der Waals surface area contributed by atoms with Crippen LogP contribution in [0.1, 0.15) is 6.92 Å². The van der Waals surface area contributed by atoms with Gasteiger partial charge < -0.3 is 0 Å². The van der Waals surface area contributed by atoms with Gasteiger partial charge in [0.15, 0.2) is 17.5 Å². The van der Waals surface area contributed by atoms with E-state index in [1.807, 2.05) is 0 Å². The molecule has 1 aromatic carbocycles. The van der Waals surface area contributed by atoms with Gasteiger partial charge in [-0.2, -0.15) is 0 Å². The third kappa shape index (κ3) is 3.10. The lowest BCUT2D eigenvalue weighted by Crippen LogP contribution is -2.21. The number of carbonyl (C=O) groups is 1. The fourth-order valence-corrected chi connectivity index (χ4v) is 1.76. The number of carbonyl (C=O) groups excluding carboxylic acids is 1. The number of halogens is 2. The Hall–Kier alpha value is -0.900. The molecule has 1 rings (SSSR count). The van der Waals surface area contributed by atoms with E-state index in [0.717, 1.165) is 18.7 Å². The SMILES string of the molecule is CC(=O)C(F)C(F)Sc1ccccc1. The first-order valence-electron chi connectivity index (χ1n) is 4.11. The van der Waals surface area contributed by atoms with Crippen molar-refractivity contribution in [3.8, 4) is 0 Å². The molecule has 1 nitrogen and oxygen atoms in total. The van der Waals surface area contributed by atoms with E-state index in [0.29, 0.717) is 4.90 Å². The summed E-state index contributed by atoms with van der Waals surface area (Å²) in [7, 11) is 0. The number of alkyl halides is 2. The first-order chi connectivity index (χ1) is 6.61. The zero-order valence-corrected chi connectivity index (χ0v) is 8.43. The largest absolute Gasteiger partial charge is 0.297 e. The first-order valence-corrected chi connectivity index (χ1v) is 4.99.